The van der Waals surface area contributed by atoms with Crippen LogP contribution in [-0.4, -0.2) is 37.2 Å². The molecule has 0 fully saturated rings. The highest BCUT2D eigenvalue weighted by Crippen LogP contribution is 2.17. The molecule has 0 bridgehead atoms. The number of rotatable bonds is 59. The standard InChI is InChI=1S/C70H122O6/c1-4-7-10-13-16-19-22-25-28-29-30-31-32-33-34-35-36-37-38-39-40-41-43-45-48-51-54-57-60-63-69(72)75-66-67(65-74-68(71)62-59-56-53-50-47-44-27-24-21-18-15-12-9-6-3)76-70(73)64-61-58-55-52-49-46-42-26-23-20-17-14-11-8-5-2/h8,11,17,20,22,24-27,29-30,42,49,52,67H,4-7,9-10,12-16,18-19,21,23,28,31-41,43-48,50-51,53-66H2,1-3H3/b11-8-,20-17-,25-22-,27-24-,30-29-,42-26-,52-49-. The molecule has 6 nitrogen and oxygen atoms in total. The quantitative estimate of drug-likeness (QED) is 0.0261. The van der Waals surface area contributed by atoms with E-state index in [2.05, 4.69) is 106 Å². The molecule has 76 heavy (non-hydrogen) atoms. The predicted octanol–water partition coefficient (Wildman–Crippen LogP) is 22.3. The summed E-state index contributed by atoms with van der Waals surface area (Å²) in [5, 5.41) is 0. The number of hydrogen-bond donors (Lipinski definition) is 0. The number of carbonyl (C=O) groups is 3. The van der Waals surface area contributed by atoms with Crippen LogP contribution in [0.4, 0.5) is 0 Å². The highest BCUT2D eigenvalue weighted by Gasteiger charge is 2.19. The Kier molecular flexibility index (Phi) is 61.2. The molecule has 438 valence electrons. The van der Waals surface area contributed by atoms with Crippen LogP contribution in [0, 0.1) is 0 Å². The van der Waals surface area contributed by atoms with Crippen molar-refractivity contribution in [3.05, 3.63) is 85.1 Å². The SMILES string of the molecule is CC/C=C\C/C=C\C/C=C\C/C=C\CCCCC(=O)OC(COC(=O)CCCCCCC/C=C\CCCCCCC)COC(=O)CCCCCCCCCCCCCCCCCCC/C=C\C/C=C\CCCCCCC. The van der Waals surface area contributed by atoms with Crippen LogP contribution in [-0.2, 0) is 28.6 Å². The van der Waals surface area contributed by atoms with Gasteiger partial charge in [-0.3, -0.25) is 14.4 Å². The van der Waals surface area contributed by atoms with Gasteiger partial charge in [0.1, 0.15) is 13.2 Å². The van der Waals surface area contributed by atoms with Crippen LogP contribution in [0.25, 0.3) is 0 Å². The summed E-state index contributed by atoms with van der Waals surface area (Å²) in [5.41, 5.74) is 0. The van der Waals surface area contributed by atoms with Gasteiger partial charge in [0.2, 0.25) is 0 Å². The maximum Gasteiger partial charge on any atom is 0.306 e. The predicted molar refractivity (Wildman–Crippen MR) is 330 cm³/mol. The normalized spacial score (nSPS) is 12.6. The summed E-state index contributed by atoms with van der Waals surface area (Å²) < 4.78 is 16.9. The molecule has 0 aromatic heterocycles. The van der Waals surface area contributed by atoms with Crippen LogP contribution in [0.1, 0.15) is 323 Å². The molecule has 0 rings (SSSR count). The first-order chi connectivity index (χ1) is 37.5. The molecule has 0 aliphatic carbocycles. The fraction of sp³-hybridized carbons (Fsp3) is 0.757. The van der Waals surface area contributed by atoms with Gasteiger partial charge in [0.15, 0.2) is 6.10 Å². The largest absolute Gasteiger partial charge is 0.462 e. The molecular weight excluding hydrogens is 937 g/mol. The average molecular weight is 1060 g/mol. The van der Waals surface area contributed by atoms with E-state index in [0.717, 1.165) is 89.9 Å². The zero-order chi connectivity index (χ0) is 55.0. The monoisotopic (exact) mass is 1060 g/mol. The van der Waals surface area contributed by atoms with E-state index in [9.17, 15) is 14.4 Å². The summed E-state index contributed by atoms with van der Waals surface area (Å²) in [6, 6.07) is 0. The fourth-order valence-corrected chi connectivity index (χ4v) is 9.23. The lowest BCUT2D eigenvalue weighted by Gasteiger charge is -2.18. The molecule has 0 aliphatic heterocycles. The van der Waals surface area contributed by atoms with Gasteiger partial charge in [-0.1, -0.05) is 273 Å². The molecule has 1 unspecified atom stereocenters. The van der Waals surface area contributed by atoms with Crippen molar-refractivity contribution in [2.24, 2.45) is 0 Å². The van der Waals surface area contributed by atoms with Gasteiger partial charge in [0, 0.05) is 19.3 Å². The minimum absolute atomic E-state index is 0.0938. The van der Waals surface area contributed by atoms with E-state index in [1.165, 1.54) is 186 Å². The molecular formula is C70H122O6. The third-order valence-corrected chi connectivity index (χ3v) is 14.1. The molecule has 1 atom stereocenters. The van der Waals surface area contributed by atoms with Crippen LogP contribution >= 0.6 is 0 Å². The maximum absolute atomic E-state index is 12.9. The van der Waals surface area contributed by atoms with E-state index in [1.54, 1.807) is 0 Å². The maximum atomic E-state index is 12.9. The Bertz CT molecular complexity index is 1450. The van der Waals surface area contributed by atoms with Gasteiger partial charge in [-0.2, -0.15) is 0 Å². The lowest BCUT2D eigenvalue weighted by Crippen LogP contribution is -2.30. The van der Waals surface area contributed by atoms with E-state index in [1.807, 2.05) is 0 Å². The lowest BCUT2D eigenvalue weighted by molar-refractivity contribution is -0.167. The van der Waals surface area contributed by atoms with Crippen molar-refractivity contribution in [2.45, 2.75) is 329 Å². The second kappa shape index (κ2) is 64.1. The molecule has 0 aromatic carbocycles. The van der Waals surface area contributed by atoms with Gasteiger partial charge < -0.3 is 14.2 Å². The molecule has 0 aromatic rings. The number of carbonyl (C=O) groups excluding carboxylic acids is 3. The Hall–Kier alpha value is -3.41. The molecule has 0 radical (unpaired) electrons. The highest BCUT2D eigenvalue weighted by molar-refractivity contribution is 5.71. The van der Waals surface area contributed by atoms with Crippen molar-refractivity contribution in [3.63, 3.8) is 0 Å². The van der Waals surface area contributed by atoms with Crippen molar-refractivity contribution in [3.8, 4) is 0 Å². The average Bonchev–Trinajstić information content (AvgIpc) is 3.42. The fourth-order valence-electron chi connectivity index (χ4n) is 9.23. The van der Waals surface area contributed by atoms with Gasteiger partial charge in [0.05, 0.1) is 0 Å². The summed E-state index contributed by atoms with van der Waals surface area (Å²) in [4.78, 5) is 38.2. The second-order valence-corrected chi connectivity index (χ2v) is 21.6. The summed E-state index contributed by atoms with van der Waals surface area (Å²) in [6.07, 6.45) is 84.7. The topological polar surface area (TPSA) is 78.9 Å². The molecule has 0 amide bonds. The van der Waals surface area contributed by atoms with Crippen molar-refractivity contribution >= 4 is 17.9 Å². The molecule has 0 heterocycles. The second-order valence-electron chi connectivity index (χ2n) is 21.6. The van der Waals surface area contributed by atoms with Gasteiger partial charge in [-0.25, -0.2) is 0 Å². The van der Waals surface area contributed by atoms with Crippen LogP contribution in [0.3, 0.4) is 0 Å². The summed E-state index contributed by atoms with van der Waals surface area (Å²) in [7, 11) is 0. The molecule has 0 saturated carbocycles. The Morgan fingerprint density at radius 3 is 0.842 bits per heavy atom. The number of ether oxygens (including phenoxy) is 3. The zero-order valence-electron chi connectivity index (χ0n) is 50.3. The summed E-state index contributed by atoms with van der Waals surface area (Å²) in [6.45, 7) is 6.49. The molecule has 0 N–H and O–H groups in total. The van der Waals surface area contributed by atoms with Gasteiger partial charge >= 0.3 is 17.9 Å². The number of allylic oxidation sites excluding steroid dienone is 14. The van der Waals surface area contributed by atoms with Crippen molar-refractivity contribution < 1.29 is 28.6 Å². The number of hydrogen-bond acceptors (Lipinski definition) is 6. The Balaban J connectivity index is 4.24. The summed E-state index contributed by atoms with van der Waals surface area (Å²) >= 11 is 0. The van der Waals surface area contributed by atoms with Crippen LogP contribution in [0.15, 0.2) is 85.1 Å². The molecule has 0 saturated heterocycles. The smallest absolute Gasteiger partial charge is 0.306 e. The van der Waals surface area contributed by atoms with Crippen LogP contribution in [0.5, 0.6) is 0 Å². The van der Waals surface area contributed by atoms with E-state index in [-0.39, 0.29) is 37.5 Å². The van der Waals surface area contributed by atoms with Gasteiger partial charge in [-0.05, 0) is 116 Å². The van der Waals surface area contributed by atoms with Crippen molar-refractivity contribution in [1.29, 1.82) is 0 Å². The third kappa shape index (κ3) is 61.4. The zero-order valence-corrected chi connectivity index (χ0v) is 50.3. The Morgan fingerprint density at radius 2 is 0.513 bits per heavy atom. The van der Waals surface area contributed by atoms with Crippen molar-refractivity contribution in [2.75, 3.05) is 13.2 Å². The van der Waals surface area contributed by atoms with E-state index in [4.69, 9.17) is 14.2 Å². The van der Waals surface area contributed by atoms with Crippen LogP contribution < -0.4 is 0 Å². The van der Waals surface area contributed by atoms with E-state index < -0.39 is 6.10 Å². The third-order valence-electron chi connectivity index (χ3n) is 14.1. The first kappa shape index (κ1) is 72.6. The summed E-state index contributed by atoms with van der Waals surface area (Å²) in [5.74, 6) is -0.933. The van der Waals surface area contributed by atoms with E-state index >= 15 is 0 Å². The number of unbranched alkanes of at least 4 members (excludes halogenated alkanes) is 34. The number of esters is 3. The minimum Gasteiger partial charge on any atom is -0.462 e. The Morgan fingerprint density at radius 1 is 0.276 bits per heavy atom. The van der Waals surface area contributed by atoms with Gasteiger partial charge in [0.25, 0.3) is 0 Å². The first-order valence-corrected chi connectivity index (χ1v) is 32.6. The highest BCUT2D eigenvalue weighted by atomic mass is 16.6. The van der Waals surface area contributed by atoms with E-state index in [0.29, 0.717) is 19.3 Å². The van der Waals surface area contributed by atoms with Crippen LogP contribution in [0.2, 0.25) is 0 Å². The lowest BCUT2D eigenvalue weighted by atomic mass is 10.0. The minimum atomic E-state index is -0.801. The molecule has 0 aliphatic rings. The van der Waals surface area contributed by atoms with Crippen molar-refractivity contribution in [1.82, 2.24) is 0 Å². The van der Waals surface area contributed by atoms with Gasteiger partial charge in [-0.15, -0.1) is 0 Å². The molecule has 0 spiro atoms. The molecule has 6 heteroatoms. The Labute approximate surface area is 471 Å². The first-order valence-electron chi connectivity index (χ1n) is 32.6.